The van der Waals surface area contributed by atoms with E-state index < -0.39 is 12.1 Å². The molecule has 146 valence electrons. The quantitative estimate of drug-likeness (QED) is 0.784. The lowest BCUT2D eigenvalue weighted by Gasteiger charge is -2.41. The van der Waals surface area contributed by atoms with Crippen LogP contribution in [0.5, 0.6) is 0 Å². The first kappa shape index (κ1) is 18.2. The molecule has 8 heteroatoms. The number of fused-ring (bicyclic) bond motifs is 1. The van der Waals surface area contributed by atoms with E-state index in [-0.39, 0.29) is 5.91 Å². The van der Waals surface area contributed by atoms with E-state index in [1.54, 1.807) is 18.5 Å². The van der Waals surface area contributed by atoms with Crippen LogP contribution in [0, 0.1) is 0 Å². The van der Waals surface area contributed by atoms with E-state index in [0.29, 0.717) is 45.1 Å². The number of methoxy groups -OCH3 is 1. The second kappa shape index (κ2) is 7.84. The molecule has 0 bridgehead atoms. The molecule has 1 aromatic carbocycles. The van der Waals surface area contributed by atoms with Crippen molar-refractivity contribution in [1.29, 1.82) is 0 Å². The average molecular weight is 381 g/mol. The number of nitrogens with zero attached hydrogens (tertiary/aromatic N) is 5. The van der Waals surface area contributed by atoms with Gasteiger partial charge >= 0.3 is 6.09 Å². The Bertz CT molecular complexity index is 852. The average Bonchev–Trinajstić information content (AvgIpc) is 2.78. The third-order valence-electron chi connectivity index (χ3n) is 5.35. The van der Waals surface area contributed by atoms with Gasteiger partial charge in [-0.2, -0.15) is 0 Å². The molecule has 1 saturated heterocycles. The minimum atomic E-state index is -0.642. The number of hydrogen-bond donors (Lipinski definition) is 0. The van der Waals surface area contributed by atoms with Crippen LogP contribution in [-0.4, -0.2) is 71.6 Å². The predicted octanol–water partition coefficient (Wildman–Crippen LogP) is 1.49. The van der Waals surface area contributed by atoms with Gasteiger partial charge in [0.05, 0.1) is 7.11 Å². The summed E-state index contributed by atoms with van der Waals surface area (Å²) in [4.78, 5) is 39.7. The molecule has 28 heavy (non-hydrogen) atoms. The maximum Gasteiger partial charge on any atom is 0.410 e. The standard InChI is InChI=1S/C20H23N5O3/c1-28-20(27)25-10-7-15-5-2-3-6-16(15)17(25)18(26)23-11-13-24(14-12-23)19-21-8-4-9-22-19/h2-6,8-9,17H,7,10-14H2,1H3. The van der Waals surface area contributed by atoms with Gasteiger partial charge in [-0.05, 0) is 23.6 Å². The third kappa shape index (κ3) is 3.37. The summed E-state index contributed by atoms with van der Waals surface area (Å²) in [6, 6.07) is 8.97. The van der Waals surface area contributed by atoms with E-state index in [2.05, 4.69) is 14.9 Å². The van der Waals surface area contributed by atoms with Crippen molar-refractivity contribution in [2.45, 2.75) is 12.5 Å². The summed E-state index contributed by atoms with van der Waals surface area (Å²) in [5, 5.41) is 0. The number of carbonyl (C=O) groups is 2. The summed E-state index contributed by atoms with van der Waals surface area (Å²) in [6.07, 6.45) is 3.68. The molecule has 2 aliphatic heterocycles. The molecular weight excluding hydrogens is 358 g/mol. The topological polar surface area (TPSA) is 78.9 Å². The monoisotopic (exact) mass is 381 g/mol. The van der Waals surface area contributed by atoms with E-state index in [1.807, 2.05) is 29.2 Å². The Balaban J connectivity index is 1.53. The molecule has 4 rings (SSSR count). The van der Waals surface area contributed by atoms with Crippen LogP contribution in [0.3, 0.4) is 0 Å². The Labute approximate surface area is 163 Å². The van der Waals surface area contributed by atoms with Crippen molar-refractivity contribution < 1.29 is 14.3 Å². The zero-order valence-electron chi connectivity index (χ0n) is 15.8. The van der Waals surface area contributed by atoms with Gasteiger partial charge in [-0.3, -0.25) is 9.69 Å². The fourth-order valence-corrected chi connectivity index (χ4v) is 3.90. The fraction of sp³-hybridized carbons (Fsp3) is 0.400. The van der Waals surface area contributed by atoms with Gasteiger partial charge in [0, 0.05) is 45.1 Å². The summed E-state index contributed by atoms with van der Waals surface area (Å²) < 4.78 is 4.94. The second-order valence-electron chi connectivity index (χ2n) is 6.88. The molecule has 2 aromatic rings. The van der Waals surface area contributed by atoms with Crippen LogP contribution < -0.4 is 4.90 Å². The second-order valence-corrected chi connectivity index (χ2v) is 6.88. The van der Waals surface area contributed by atoms with Crippen molar-refractivity contribution in [2.75, 3.05) is 44.7 Å². The maximum absolute atomic E-state index is 13.4. The zero-order valence-corrected chi connectivity index (χ0v) is 15.8. The predicted molar refractivity (Wildman–Crippen MR) is 103 cm³/mol. The largest absolute Gasteiger partial charge is 0.453 e. The Morgan fingerprint density at radius 2 is 1.71 bits per heavy atom. The van der Waals surface area contributed by atoms with Crippen molar-refractivity contribution in [3.63, 3.8) is 0 Å². The van der Waals surface area contributed by atoms with Crippen LogP contribution in [0.2, 0.25) is 0 Å². The molecule has 0 N–H and O–H groups in total. The van der Waals surface area contributed by atoms with Gasteiger partial charge in [-0.1, -0.05) is 24.3 Å². The molecule has 0 aliphatic carbocycles. The number of benzene rings is 1. The first-order valence-electron chi connectivity index (χ1n) is 9.42. The molecule has 1 atom stereocenters. The summed E-state index contributed by atoms with van der Waals surface area (Å²) in [6.45, 7) is 2.90. The maximum atomic E-state index is 13.4. The number of hydrogen-bond acceptors (Lipinski definition) is 6. The number of piperazine rings is 1. The van der Waals surface area contributed by atoms with Gasteiger partial charge in [0.25, 0.3) is 0 Å². The number of rotatable bonds is 2. The van der Waals surface area contributed by atoms with Gasteiger partial charge in [-0.15, -0.1) is 0 Å². The highest BCUT2D eigenvalue weighted by atomic mass is 16.5. The van der Waals surface area contributed by atoms with Crippen molar-refractivity contribution in [2.24, 2.45) is 0 Å². The van der Waals surface area contributed by atoms with Crippen molar-refractivity contribution in [1.82, 2.24) is 19.8 Å². The third-order valence-corrected chi connectivity index (χ3v) is 5.35. The zero-order chi connectivity index (χ0) is 19.5. The van der Waals surface area contributed by atoms with E-state index >= 15 is 0 Å². The first-order valence-corrected chi connectivity index (χ1v) is 9.42. The molecule has 2 aliphatic rings. The fourth-order valence-electron chi connectivity index (χ4n) is 3.90. The van der Waals surface area contributed by atoms with Gasteiger partial charge in [0.1, 0.15) is 6.04 Å². The SMILES string of the molecule is COC(=O)N1CCc2ccccc2C1C(=O)N1CCN(c2ncccn2)CC1. The highest BCUT2D eigenvalue weighted by Crippen LogP contribution is 2.32. The van der Waals surface area contributed by atoms with Gasteiger partial charge < -0.3 is 14.5 Å². The first-order chi connectivity index (χ1) is 13.7. The summed E-state index contributed by atoms with van der Waals surface area (Å²) >= 11 is 0. The molecule has 1 unspecified atom stereocenters. The molecule has 2 amide bonds. The highest BCUT2D eigenvalue weighted by molar-refractivity contribution is 5.88. The molecule has 1 fully saturated rings. The lowest BCUT2D eigenvalue weighted by atomic mass is 9.92. The van der Waals surface area contributed by atoms with Crippen LogP contribution >= 0.6 is 0 Å². The number of aromatic nitrogens is 2. The molecule has 3 heterocycles. The lowest BCUT2D eigenvalue weighted by molar-refractivity contribution is -0.137. The Kier molecular flexibility index (Phi) is 5.10. The minimum Gasteiger partial charge on any atom is -0.453 e. The highest BCUT2D eigenvalue weighted by Gasteiger charge is 2.39. The summed E-state index contributed by atoms with van der Waals surface area (Å²) in [7, 11) is 1.35. The van der Waals surface area contributed by atoms with Crippen LogP contribution in [0.25, 0.3) is 0 Å². The number of carbonyl (C=O) groups excluding carboxylic acids is 2. The number of anilines is 1. The smallest absolute Gasteiger partial charge is 0.410 e. The van der Waals surface area contributed by atoms with Crippen molar-refractivity contribution in [3.8, 4) is 0 Å². The van der Waals surface area contributed by atoms with Crippen LogP contribution in [-0.2, 0) is 16.0 Å². The van der Waals surface area contributed by atoms with Crippen molar-refractivity contribution in [3.05, 3.63) is 53.9 Å². The molecule has 0 spiro atoms. The van der Waals surface area contributed by atoms with Gasteiger partial charge in [0.2, 0.25) is 11.9 Å². The molecule has 1 aromatic heterocycles. The molecule has 8 nitrogen and oxygen atoms in total. The summed E-state index contributed by atoms with van der Waals surface area (Å²) in [5.74, 6) is 0.611. The van der Waals surface area contributed by atoms with Crippen LogP contribution in [0.15, 0.2) is 42.7 Å². The molecular formula is C20H23N5O3. The van der Waals surface area contributed by atoms with E-state index in [4.69, 9.17) is 4.74 Å². The van der Waals surface area contributed by atoms with E-state index in [0.717, 1.165) is 11.1 Å². The summed E-state index contributed by atoms with van der Waals surface area (Å²) in [5.41, 5.74) is 2.00. The molecule has 0 saturated carbocycles. The Hall–Kier alpha value is -3.16. The van der Waals surface area contributed by atoms with E-state index in [1.165, 1.54) is 12.0 Å². The number of amides is 2. The Morgan fingerprint density at radius 3 is 2.43 bits per heavy atom. The van der Waals surface area contributed by atoms with Gasteiger partial charge in [0.15, 0.2) is 0 Å². The Morgan fingerprint density at radius 1 is 1.00 bits per heavy atom. The lowest BCUT2D eigenvalue weighted by Crippen LogP contribution is -2.54. The van der Waals surface area contributed by atoms with Crippen LogP contribution in [0.4, 0.5) is 10.7 Å². The van der Waals surface area contributed by atoms with Gasteiger partial charge in [-0.25, -0.2) is 14.8 Å². The number of ether oxygens (including phenoxy) is 1. The van der Waals surface area contributed by atoms with Crippen molar-refractivity contribution >= 4 is 17.9 Å². The molecule has 0 radical (unpaired) electrons. The minimum absolute atomic E-state index is 0.0637. The van der Waals surface area contributed by atoms with Crippen LogP contribution in [0.1, 0.15) is 17.2 Å². The normalized spacial score (nSPS) is 19.2. The van der Waals surface area contributed by atoms with E-state index in [9.17, 15) is 9.59 Å².